The molecule has 0 fully saturated rings. The van der Waals surface area contributed by atoms with Crippen molar-refractivity contribution in [3.05, 3.63) is 69.9 Å². The fourth-order valence-electron chi connectivity index (χ4n) is 3.05. The van der Waals surface area contributed by atoms with Gasteiger partial charge in [-0.15, -0.1) is 11.3 Å². The van der Waals surface area contributed by atoms with E-state index in [0.29, 0.717) is 27.6 Å². The van der Waals surface area contributed by atoms with Crippen LogP contribution in [0.4, 0.5) is 0 Å². The Balaban J connectivity index is 1.69. The number of thiazole rings is 1. The third-order valence-electron chi connectivity index (χ3n) is 4.77. The molecule has 0 radical (unpaired) electrons. The summed E-state index contributed by atoms with van der Waals surface area (Å²) in [4.78, 5) is 19.7. The zero-order valence-corrected chi connectivity index (χ0v) is 17.2. The van der Waals surface area contributed by atoms with Crippen LogP contribution in [0.15, 0.2) is 53.1 Å². The van der Waals surface area contributed by atoms with Crippen molar-refractivity contribution in [3.63, 3.8) is 0 Å². The third kappa shape index (κ3) is 3.19. The van der Waals surface area contributed by atoms with Crippen molar-refractivity contribution in [2.45, 2.75) is 19.9 Å². The van der Waals surface area contributed by atoms with Crippen molar-refractivity contribution in [3.8, 4) is 11.3 Å². The van der Waals surface area contributed by atoms with E-state index in [4.69, 9.17) is 16.1 Å². The average molecular weight is 412 g/mol. The lowest BCUT2D eigenvalue weighted by Gasteiger charge is -2.23. The molecule has 2 heterocycles. The van der Waals surface area contributed by atoms with Crippen LogP contribution in [-0.4, -0.2) is 28.0 Å². The maximum absolute atomic E-state index is 13.3. The molecule has 0 unspecified atom stereocenters. The van der Waals surface area contributed by atoms with Gasteiger partial charge in [-0.2, -0.15) is 0 Å². The Bertz CT molecular complexity index is 1130. The Kier molecular flexibility index (Phi) is 4.91. The third-order valence-corrected chi connectivity index (χ3v) is 6.31. The highest BCUT2D eigenvalue weighted by Crippen LogP contribution is 2.34. The predicted molar refractivity (Wildman–Crippen MR) is 112 cm³/mol. The van der Waals surface area contributed by atoms with Gasteiger partial charge in [-0.1, -0.05) is 47.1 Å². The van der Waals surface area contributed by atoms with Crippen LogP contribution in [0.25, 0.3) is 21.5 Å². The van der Waals surface area contributed by atoms with Crippen LogP contribution < -0.4 is 0 Å². The minimum absolute atomic E-state index is 0.180. The summed E-state index contributed by atoms with van der Waals surface area (Å²) < 4.78 is 6.44. The second-order valence-corrected chi connectivity index (χ2v) is 8.02. The fraction of sp³-hybridized carbons (Fsp3) is 0.190. The van der Waals surface area contributed by atoms with Crippen molar-refractivity contribution in [2.24, 2.45) is 0 Å². The van der Waals surface area contributed by atoms with Gasteiger partial charge in [0, 0.05) is 12.6 Å². The lowest BCUT2D eigenvalue weighted by Crippen LogP contribution is -2.30. The Labute approximate surface area is 171 Å². The van der Waals surface area contributed by atoms with Crippen LogP contribution in [0.5, 0.6) is 0 Å². The number of amides is 1. The van der Waals surface area contributed by atoms with E-state index in [1.54, 1.807) is 36.3 Å². The normalized spacial score (nSPS) is 12.3. The molecule has 0 saturated carbocycles. The van der Waals surface area contributed by atoms with E-state index < -0.39 is 0 Å². The molecular weight excluding hydrogens is 394 g/mol. The highest BCUT2D eigenvalue weighted by Gasteiger charge is 2.29. The number of benzene rings is 2. The molecule has 0 spiro atoms. The molecule has 0 aliphatic rings. The molecular formula is C21H18ClN3O2S. The molecule has 1 amide bonds. The summed E-state index contributed by atoms with van der Waals surface area (Å²) in [5.74, 6) is 0.281. The number of aryl methyl sites for hydroxylation is 1. The number of carbonyl (C=O) groups is 1. The smallest absolute Gasteiger partial charge is 0.260 e. The van der Waals surface area contributed by atoms with E-state index in [-0.39, 0.29) is 11.9 Å². The quantitative estimate of drug-likeness (QED) is 0.429. The van der Waals surface area contributed by atoms with Gasteiger partial charge in [-0.25, -0.2) is 4.98 Å². The van der Waals surface area contributed by atoms with E-state index in [1.165, 1.54) is 0 Å². The summed E-state index contributed by atoms with van der Waals surface area (Å²) in [6.45, 7) is 3.70. The Morgan fingerprint density at radius 2 is 1.89 bits per heavy atom. The molecule has 7 heteroatoms. The zero-order valence-electron chi connectivity index (χ0n) is 15.6. The van der Waals surface area contributed by atoms with Gasteiger partial charge in [0.1, 0.15) is 22.0 Å². The molecule has 28 heavy (non-hydrogen) atoms. The topological polar surface area (TPSA) is 59.2 Å². The molecule has 0 aliphatic heterocycles. The largest absolute Gasteiger partial charge is 0.360 e. The minimum atomic E-state index is -0.196. The van der Waals surface area contributed by atoms with Crippen molar-refractivity contribution in [1.82, 2.24) is 15.0 Å². The second-order valence-electron chi connectivity index (χ2n) is 6.55. The number of halogens is 1. The first kappa shape index (κ1) is 18.7. The summed E-state index contributed by atoms with van der Waals surface area (Å²) in [7, 11) is 1.77. The molecule has 0 bridgehead atoms. The van der Waals surface area contributed by atoms with E-state index in [2.05, 4.69) is 10.1 Å². The number of hydrogen-bond donors (Lipinski definition) is 0. The Morgan fingerprint density at radius 1 is 1.18 bits per heavy atom. The number of rotatable bonds is 4. The number of nitrogens with zero attached hydrogens (tertiary/aromatic N) is 3. The van der Waals surface area contributed by atoms with Gasteiger partial charge in [-0.3, -0.25) is 4.79 Å². The SMILES string of the molecule is Cc1onc(-c2ccccc2Cl)c1C(=O)N(C)[C@@H](C)c1nc2ccccc2s1. The van der Waals surface area contributed by atoms with Crippen molar-refractivity contribution in [2.75, 3.05) is 7.05 Å². The highest BCUT2D eigenvalue weighted by atomic mass is 35.5. The number of para-hydroxylation sites is 1. The molecule has 0 saturated heterocycles. The van der Waals surface area contributed by atoms with Gasteiger partial charge in [0.05, 0.1) is 21.3 Å². The van der Waals surface area contributed by atoms with Crippen LogP contribution in [0.3, 0.4) is 0 Å². The van der Waals surface area contributed by atoms with Crippen molar-refractivity contribution >= 4 is 39.1 Å². The van der Waals surface area contributed by atoms with E-state index in [0.717, 1.165) is 15.2 Å². The first-order valence-corrected chi connectivity index (χ1v) is 10.0. The van der Waals surface area contributed by atoms with E-state index in [1.807, 2.05) is 49.4 Å². The Morgan fingerprint density at radius 3 is 2.64 bits per heavy atom. The van der Waals surface area contributed by atoms with Gasteiger partial charge in [0.2, 0.25) is 0 Å². The molecule has 1 atom stereocenters. The molecule has 5 nitrogen and oxygen atoms in total. The fourth-order valence-corrected chi connectivity index (χ4v) is 4.34. The Hall–Kier alpha value is -2.70. The van der Waals surface area contributed by atoms with E-state index in [9.17, 15) is 4.79 Å². The molecule has 142 valence electrons. The van der Waals surface area contributed by atoms with Gasteiger partial charge in [-0.05, 0) is 32.0 Å². The van der Waals surface area contributed by atoms with Gasteiger partial charge < -0.3 is 9.42 Å². The number of carbonyl (C=O) groups excluding carboxylic acids is 1. The number of fused-ring (bicyclic) bond motifs is 1. The monoisotopic (exact) mass is 411 g/mol. The first-order valence-electron chi connectivity index (χ1n) is 8.81. The lowest BCUT2D eigenvalue weighted by atomic mass is 10.0. The highest BCUT2D eigenvalue weighted by molar-refractivity contribution is 7.18. The van der Waals surface area contributed by atoms with Crippen molar-refractivity contribution < 1.29 is 9.32 Å². The summed E-state index contributed by atoms with van der Waals surface area (Å²) in [6.07, 6.45) is 0. The van der Waals surface area contributed by atoms with Crippen LogP contribution in [-0.2, 0) is 0 Å². The molecule has 4 aromatic rings. The minimum Gasteiger partial charge on any atom is -0.360 e. The molecule has 2 aromatic heterocycles. The van der Waals surface area contributed by atoms with E-state index >= 15 is 0 Å². The summed E-state index contributed by atoms with van der Waals surface area (Å²) >= 11 is 7.90. The predicted octanol–water partition coefficient (Wildman–Crippen LogP) is 5.75. The zero-order chi connectivity index (χ0) is 19.8. The summed E-state index contributed by atoms with van der Waals surface area (Å²) in [5, 5.41) is 5.50. The molecule has 0 N–H and O–H groups in total. The number of hydrogen-bond acceptors (Lipinski definition) is 5. The van der Waals surface area contributed by atoms with Crippen LogP contribution in [0.2, 0.25) is 5.02 Å². The van der Waals surface area contributed by atoms with Crippen LogP contribution in [0.1, 0.15) is 34.1 Å². The maximum atomic E-state index is 13.3. The summed E-state index contributed by atoms with van der Waals surface area (Å²) in [6, 6.07) is 15.0. The van der Waals surface area contributed by atoms with Gasteiger partial charge in [0.15, 0.2) is 0 Å². The van der Waals surface area contributed by atoms with Gasteiger partial charge in [0.25, 0.3) is 5.91 Å². The molecule has 2 aromatic carbocycles. The van der Waals surface area contributed by atoms with Crippen molar-refractivity contribution in [1.29, 1.82) is 0 Å². The number of aromatic nitrogens is 2. The van der Waals surface area contributed by atoms with Crippen LogP contribution in [0, 0.1) is 6.92 Å². The van der Waals surface area contributed by atoms with Gasteiger partial charge >= 0.3 is 0 Å². The first-order chi connectivity index (χ1) is 13.5. The standard InChI is InChI=1S/C21H18ClN3O2S/c1-12(20-23-16-10-6-7-11-17(16)28-20)25(3)21(26)18-13(2)27-24-19(18)14-8-4-5-9-15(14)22/h4-12H,1-3H3/t12-/m0/s1. The second kappa shape index (κ2) is 7.37. The maximum Gasteiger partial charge on any atom is 0.260 e. The van der Waals surface area contributed by atoms with Crippen LogP contribution >= 0.6 is 22.9 Å². The average Bonchev–Trinajstić information content (AvgIpc) is 3.30. The summed E-state index contributed by atoms with van der Waals surface area (Å²) in [5.41, 5.74) is 2.48. The lowest BCUT2D eigenvalue weighted by molar-refractivity contribution is 0.0741. The molecule has 0 aliphatic carbocycles. The molecule has 4 rings (SSSR count).